The van der Waals surface area contributed by atoms with Gasteiger partial charge >= 0.3 is 0 Å². The fraction of sp³-hybridized carbons (Fsp3) is 0.412. The first-order chi connectivity index (χ1) is 10.2. The van der Waals surface area contributed by atoms with Gasteiger partial charge in [0.15, 0.2) is 0 Å². The number of aromatic nitrogens is 2. The van der Waals surface area contributed by atoms with E-state index in [1.54, 1.807) is 6.92 Å². The van der Waals surface area contributed by atoms with Crippen molar-refractivity contribution in [2.45, 2.75) is 45.3 Å². The highest BCUT2D eigenvalue weighted by atomic mass is 16.5. The van der Waals surface area contributed by atoms with Gasteiger partial charge in [0.25, 0.3) is 0 Å². The number of carbonyl (C=O) groups excluding carboxylic acids is 1. The third-order valence-corrected chi connectivity index (χ3v) is 3.76. The number of Topliss-reactive ketones (excluding diaryl/α,β-unsaturated/α-hetero) is 1. The summed E-state index contributed by atoms with van der Waals surface area (Å²) in [5.74, 6) is 1.08. The fourth-order valence-corrected chi connectivity index (χ4v) is 2.36. The predicted octanol–water partition coefficient (Wildman–Crippen LogP) is 3.32. The third-order valence-electron chi connectivity index (χ3n) is 3.76. The van der Waals surface area contributed by atoms with Gasteiger partial charge in [0.05, 0.1) is 18.2 Å². The molecule has 0 bridgehead atoms. The van der Waals surface area contributed by atoms with Gasteiger partial charge in [-0.15, -0.1) is 0 Å². The van der Waals surface area contributed by atoms with E-state index in [0.29, 0.717) is 19.1 Å². The van der Waals surface area contributed by atoms with Crippen LogP contribution in [0.2, 0.25) is 0 Å². The van der Waals surface area contributed by atoms with Gasteiger partial charge in [-0.2, -0.15) is 0 Å². The van der Waals surface area contributed by atoms with Crippen LogP contribution < -0.4 is 4.74 Å². The van der Waals surface area contributed by atoms with Crippen molar-refractivity contribution in [3.05, 3.63) is 48.0 Å². The van der Waals surface area contributed by atoms with E-state index in [4.69, 9.17) is 4.74 Å². The summed E-state index contributed by atoms with van der Waals surface area (Å²) in [7, 11) is 0. The number of carbonyl (C=O) groups is 1. The van der Waals surface area contributed by atoms with Crippen LogP contribution in [0.5, 0.6) is 5.75 Å². The fourth-order valence-electron chi connectivity index (χ4n) is 2.36. The quantitative estimate of drug-likeness (QED) is 0.783. The lowest BCUT2D eigenvalue weighted by atomic mass is 10.1. The molecule has 4 nitrogen and oxygen atoms in total. The van der Waals surface area contributed by atoms with E-state index in [9.17, 15) is 4.79 Å². The zero-order valence-corrected chi connectivity index (χ0v) is 12.3. The second-order valence-electron chi connectivity index (χ2n) is 5.66. The molecule has 1 fully saturated rings. The normalized spacial score (nSPS) is 14.1. The van der Waals surface area contributed by atoms with Crippen LogP contribution in [-0.4, -0.2) is 15.3 Å². The Morgan fingerprint density at radius 2 is 2.10 bits per heavy atom. The molecule has 1 saturated carbocycles. The highest BCUT2D eigenvalue weighted by molar-refractivity contribution is 5.75. The van der Waals surface area contributed by atoms with Crippen LogP contribution in [0.1, 0.15) is 43.5 Å². The van der Waals surface area contributed by atoms with Crippen molar-refractivity contribution in [1.29, 1.82) is 0 Å². The Morgan fingerprint density at radius 3 is 2.76 bits per heavy atom. The first-order valence-electron chi connectivity index (χ1n) is 7.44. The molecule has 0 aliphatic heterocycles. The van der Waals surface area contributed by atoms with Crippen LogP contribution in [-0.2, 0) is 17.8 Å². The Labute approximate surface area is 124 Å². The van der Waals surface area contributed by atoms with E-state index < -0.39 is 0 Å². The molecular formula is C17H20N2O2. The Morgan fingerprint density at radius 1 is 1.33 bits per heavy atom. The number of nitrogens with zero attached hydrogens (tertiary/aromatic N) is 2. The average molecular weight is 284 g/mol. The van der Waals surface area contributed by atoms with Gasteiger partial charge in [-0.1, -0.05) is 12.1 Å². The zero-order chi connectivity index (χ0) is 14.7. The van der Waals surface area contributed by atoms with Gasteiger partial charge in [-0.05, 0) is 43.9 Å². The van der Waals surface area contributed by atoms with Crippen molar-refractivity contribution in [3.63, 3.8) is 0 Å². The average Bonchev–Trinajstić information content (AvgIpc) is 3.23. The summed E-state index contributed by atoms with van der Waals surface area (Å²) in [6.07, 6.45) is 7.65. The molecule has 1 aliphatic carbocycles. The molecule has 110 valence electrons. The number of rotatable bonds is 7. The van der Waals surface area contributed by atoms with Crippen molar-refractivity contribution in [2.75, 3.05) is 0 Å². The van der Waals surface area contributed by atoms with Crippen LogP contribution in [0.4, 0.5) is 0 Å². The van der Waals surface area contributed by atoms with E-state index in [1.165, 1.54) is 18.4 Å². The summed E-state index contributed by atoms with van der Waals surface area (Å²) in [5, 5.41) is 0. The Balaban J connectivity index is 1.55. The summed E-state index contributed by atoms with van der Waals surface area (Å²) in [6.45, 7) is 2.17. The van der Waals surface area contributed by atoms with Gasteiger partial charge in [-0.3, -0.25) is 0 Å². The Kier molecular flexibility index (Phi) is 4.04. The highest BCUT2D eigenvalue weighted by Gasteiger charge is 2.25. The van der Waals surface area contributed by atoms with Gasteiger partial charge in [0.2, 0.25) is 0 Å². The lowest BCUT2D eigenvalue weighted by Crippen LogP contribution is -2.03. The number of aryl methyl sites for hydroxylation is 1. The molecule has 3 rings (SSSR count). The molecule has 2 aromatic rings. The van der Waals surface area contributed by atoms with E-state index in [1.807, 2.05) is 36.8 Å². The van der Waals surface area contributed by atoms with Crippen LogP contribution in [0.3, 0.4) is 0 Å². The molecule has 0 spiro atoms. The van der Waals surface area contributed by atoms with Gasteiger partial charge in [0.1, 0.15) is 18.1 Å². The maximum absolute atomic E-state index is 11.0. The molecule has 1 heterocycles. The molecule has 0 amide bonds. The molecular weight excluding hydrogens is 264 g/mol. The summed E-state index contributed by atoms with van der Waals surface area (Å²) in [5.41, 5.74) is 2.29. The lowest BCUT2D eigenvalue weighted by Gasteiger charge is -2.09. The van der Waals surface area contributed by atoms with Gasteiger partial charge in [-0.25, -0.2) is 4.98 Å². The largest absolute Gasteiger partial charge is 0.487 e. The lowest BCUT2D eigenvalue weighted by molar-refractivity contribution is -0.116. The second kappa shape index (κ2) is 6.12. The molecule has 0 saturated heterocycles. The maximum Gasteiger partial charge on any atom is 0.130 e. The molecule has 0 atom stereocenters. The zero-order valence-electron chi connectivity index (χ0n) is 12.3. The first kappa shape index (κ1) is 13.9. The summed E-state index contributed by atoms with van der Waals surface area (Å²) >= 11 is 0. The van der Waals surface area contributed by atoms with Crippen molar-refractivity contribution in [3.8, 4) is 5.75 Å². The van der Waals surface area contributed by atoms with Crippen LogP contribution in [0.25, 0.3) is 0 Å². The minimum Gasteiger partial charge on any atom is -0.487 e. The summed E-state index contributed by atoms with van der Waals surface area (Å²) in [6, 6.07) is 8.60. The van der Waals surface area contributed by atoms with Gasteiger partial charge in [0, 0.05) is 12.5 Å². The molecule has 21 heavy (non-hydrogen) atoms. The second-order valence-corrected chi connectivity index (χ2v) is 5.66. The van der Waals surface area contributed by atoms with E-state index in [0.717, 1.165) is 17.9 Å². The van der Waals surface area contributed by atoms with Crippen molar-refractivity contribution >= 4 is 5.78 Å². The number of ketones is 1. The maximum atomic E-state index is 11.0. The minimum absolute atomic E-state index is 0.226. The minimum atomic E-state index is 0.226. The topological polar surface area (TPSA) is 44.1 Å². The van der Waals surface area contributed by atoms with Crippen LogP contribution in [0.15, 0.2) is 36.8 Å². The monoisotopic (exact) mass is 284 g/mol. The first-order valence-corrected chi connectivity index (χ1v) is 7.44. The molecule has 1 aromatic carbocycles. The molecule has 1 aliphatic rings. The Bertz CT molecular complexity index is 612. The molecule has 1 aromatic heterocycles. The number of ether oxygens (including phenoxy) is 1. The SMILES string of the molecule is CC(=O)CCc1ccc(OCc2cncn2C2CC2)cc1. The summed E-state index contributed by atoms with van der Waals surface area (Å²) in [4.78, 5) is 15.2. The molecule has 4 heteroatoms. The van der Waals surface area contributed by atoms with E-state index in [-0.39, 0.29) is 5.78 Å². The van der Waals surface area contributed by atoms with Crippen molar-refractivity contribution in [1.82, 2.24) is 9.55 Å². The number of benzene rings is 1. The van der Waals surface area contributed by atoms with Crippen LogP contribution >= 0.6 is 0 Å². The number of hydrogen-bond donors (Lipinski definition) is 0. The van der Waals surface area contributed by atoms with Crippen LogP contribution in [0, 0.1) is 0 Å². The highest BCUT2D eigenvalue weighted by Crippen LogP contribution is 2.35. The predicted molar refractivity (Wildman–Crippen MR) is 80.3 cm³/mol. The van der Waals surface area contributed by atoms with Crippen molar-refractivity contribution < 1.29 is 9.53 Å². The number of imidazole rings is 1. The Hall–Kier alpha value is -2.10. The summed E-state index contributed by atoms with van der Waals surface area (Å²) < 4.78 is 8.03. The van der Waals surface area contributed by atoms with Gasteiger partial charge < -0.3 is 14.1 Å². The van der Waals surface area contributed by atoms with E-state index >= 15 is 0 Å². The third kappa shape index (κ3) is 3.72. The molecule has 0 N–H and O–H groups in total. The number of hydrogen-bond acceptors (Lipinski definition) is 3. The molecule has 0 unspecified atom stereocenters. The molecule has 0 radical (unpaired) electrons. The standard InChI is InChI=1S/C17H20N2O2/c1-13(20)2-3-14-4-8-17(9-5-14)21-11-16-10-18-12-19(16)15-6-7-15/h4-5,8-10,12,15H,2-3,6-7,11H2,1H3. The van der Waals surface area contributed by atoms with E-state index in [2.05, 4.69) is 9.55 Å². The van der Waals surface area contributed by atoms with Crippen molar-refractivity contribution in [2.24, 2.45) is 0 Å². The smallest absolute Gasteiger partial charge is 0.130 e.